The van der Waals surface area contributed by atoms with Crippen LogP contribution in [0.25, 0.3) is 16.5 Å². The number of allylic oxidation sites excluding steroid dienone is 1. The molecule has 0 bridgehead atoms. The molecule has 5 heteroatoms. The van der Waals surface area contributed by atoms with Gasteiger partial charge < -0.3 is 14.5 Å². The fourth-order valence-corrected chi connectivity index (χ4v) is 6.33. The van der Waals surface area contributed by atoms with Crippen LogP contribution in [-0.2, 0) is 11.2 Å². The smallest absolute Gasteiger partial charge is 0.101 e. The first kappa shape index (κ1) is 25.0. The van der Waals surface area contributed by atoms with Crippen molar-refractivity contribution in [2.24, 2.45) is 10.9 Å². The van der Waals surface area contributed by atoms with Crippen molar-refractivity contribution >= 4 is 27.9 Å². The highest BCUT2D eigenvalue weighted by Crippen LogP contribution is 2.38. The maximum absolute atomic E-state index is 5.66. The zero-order valence-corrected chi connectivity index (χ0v) is 22.7. The molecule has 0 N–H and O–H groups in total. The molecule has 0 spiro atoms. The second-order valence-corrected chi connectivity index (χ2v) is 10.9. The van der Waals surface area contributed by atoms with Crippen LogP contribution in [-0.4, -0.2) is 55.0 Å². The van der Waals surface area contributed by atoms with Gasteiger partial charge in [0.25, 0.3) is 0 Å². The number of nitrogens with zero attached hydrogens (tertiary/aromatic N) is 4. The average Bonchev–Trinajstić information content (AvgIpc) is 3.25. The first-order chi connectivity index (χ1) is 17.5. The van der Waals surface area contributed by atoms with E-state index in [9.17, 15) is 0 Å². The molecular formula is C31H42N4O. The molecule has 3 heterocycles. The van der Waals surface area contributed by atoms with Crippen molar-refractivity contribution < 1.29 is 4.74 Å². The minimum absolute atomic E-state index is 0.703. The number of hydrogen-bond donors (Lipinski definition) is 0. The van der Waals surface area contributed by atoms with Gasteiger partial charge in [-0.15, -0.1) is 0 Å². The van der Waals surface area contributed by atoms with Crippen LogP contribution in [0.2, 0.25) is 0 Å². The number of rotatable bonds is 7. The van der Waals surface area contributed by atoms with Crippen molar-refractivity contribution in [3.63, 3.8) is 0 Å². The molecule has 2 fully saturated rings. The molecule has 0 radical (unpaired) electrons. The predicted molar refractivity (Wildman–Crippen MR) is 152 cm³/mol. The van der Waals surface area contributed by atoms with E-state index in [4.69, 9.17) is 14.7 Å². The highest BCUT2D eigenvalue weighted by molar-refractivity contribution is 6.26. The van der Waals surface area contributed by atoms with Crippen molar-refractivity contribution in [1.82, 2.24) is 9.88 Å². The summed E-state index contributed by atoms with van der Waals surface area (Å²) >= 11 is 0. The predicted octanol–water partition coefficient (Wildman–Crippen LogP) is 6.54. The van der Waals surface area contributed by atoms with Crippen LogP contribution >= 0.6 is 0 Å². The van der Waals surface area contributed by atoms with E-state index in [1.807, 2.05) is 0 Å². The van der Waals surface area contributed by atoms with E-state index in [1.54, 1.807) is 0 Å². The number of aliphatic imine (C=N–C) groups is 1. The molecule has 0 unspecified atom stereocenters. The van der Waals surface area contributed by atoms with Crippen molar-refractivity contribution in [3.8, 4) is 0 Å². The number of pyridine rings is 1. The van der Waals surface area contributed by atoms with Gasteiger partial charge >= 0.3 is 0 Å². The summed E-state index contributed by atoms with van der Waals surface area (Å²) in [6.45, 7) is 18.7. The number of ether oxygens (including phenoxy) is 1. The van der Waals surface area contributed by atoms with Gasteiger partial charge in [-0.05, 0) is 80.3 Å². The molecule has 0 amide bonds. The van der Waals surface area contributed by atoms with E-state index in [-0.39, 0.29) is 0 Å². The second kappa shape index (κ2) is 10.8. The summed E-state index contributed by atoms with van der Waals surface area (Å²) in [5, 5.41) is 1.24. The normalized spacial score (nSPS) is 19.2. The Morgan fingerprint density at radius 1 is 1.11 bits per heavy atom. The van der Waals surface area contributed by atoms with Gasteiger partial charge in [-0.3, -0.25) is 9.98 Å². The topological polar surface area (TPSA) is 41.0 Å². The standard InChI is InChI=1S/C31H42N4O/c1-6-26-16-28-29(17-27(26)30-21(2)18-32-23(30)4)33-19-22(3)31(28)35(20-25-10-8-7-9-11-25)24(5)34-12-14-36-15-13-34/h16-17,19,25H,5-15,18,20H2,1-4H3. The van der Waals surface area contributed by atoms with Crippen LogP contribution in [0, 0.1) is 12.8 Å². The Morgan fingerprint density at radius 3 is 2.53 bits per heavy atom. The SMILES string of the molecule is C=C(N1CCOCC1)N(CC1CCCCC1)c1c(C)cnc2cc(C3=C(C)CN=C3C)c(CC)cc12. The third kappa shape index (κ3) is 4.82. The van der Waals surface area contributed by atoms with Gasteiger partial charge in [0.15, 0.2) is 0 Å². The quantitative estimate of drug-likeness (QED) is 0.445. The van der Waals surface area contributed by atoms with E-state index in [0.29, 0.717) is 5.92 Å². The summed E-state index contributed by atoms with van der Waals surface area (Å²) in [7, 11) is 0. The number of hydrogen-bond acceptors (Lipinski definition) is 5. The van der Waals surface area contributed by atoms with Gasteiger partial charge in [0.05, 0.1) is 31.0 Å². The summed E-state index contributed by atoms with van der Waals surface area (Å²) in [6, 6.07) is 4.73. The fourth-order valence-electron chi connectivity index (χ4n) is 6.33. The van der Waals surface area contributed by atoms with Crippen LogP contribution in [0.5, 0.6) is 0 Å². The molecule has 1 aromatic heterocycles. The second-order valence-electron chi connectivity index (χ2n) is 10.9. The largest absolute Gasteiger partial charge is 0.378 e. The Kier molecular flexibility index (Phi) is 7.47. The van der Waals surface area contributed by atoms with Crippen molar-refractivity contribution in [2.45, 2.75) is 66.2 Å². The van der Waals surface area contributed by atoms with Crippen molar-refractivity contribution in [1.29, 1.82) is 0 Å². The molecule has 2 aromatic rings. The molecule has 1 aliphatic carbocycles. The Morgan fingerprint density at radius 2 is 1.86 bits per heavy atom. The van der Waals surface area contributed by atoms with Gasteiger partial charge in [0.2, 0.25) is 0 Å². The van der Waals surface area contributed by atoms with Gasteiger partial charge in [0.1, 0.15) is 5.82 Å². The van der Waals surface area contributed by atoms with Crippen LogP contribution in [0.1, 0.15) is 69.6 Å². The van der Waals surface area contributed by atoms with E-state index < -0.39 is 0 Å². The number of morpholine rings is 1. The summed E-state index contributed by atoms with van der Waals surface area (Å²) in [5.41, 5.74) is 10.1. The number of aryl methyl sites for hydroxylation is 2. The third-order valence-corrected chi connectivity index (χ3v) is 8.36. The zero-order chi connectivity index (χ0) is 25.2. The van der Waals surface area contributed by atoms with Crippen molar-refractivity contribution in [3.05, 3.63) is 53.0 Å². The average molecular weight is 487 g/mol. The monoisotopic (exact) mass is 486 g/mol. The summed E-state index contributed by atoms with van der Waals surface area (Å²) in [5.74, 6) is 1.81. The molecule has 3 aliphatic rings. The van der Waals surface area contributed by atoms with Gasteiger partial charge in [-0.25, -0.2) is 0 Å². The lowest BCUT2D eigenvalue weighted by molar-refractivity contribution is 0.0523. The Hall–Kier alpha value is -2.66. The number of aromatic nitrogens is 1. The highest BCUT2D eigenvalue weighted by atomic mass is 16.5. The van der Waals surface area contributed by atoms with Gasteiger partial charge in [0, 0.05) is 42.5 Å². The molecule has 36 heavy (non-hydrogen) atoms. The minimum atomic E-state index is 0.703. The maximum atomic E-state index is 5.66. The van der Waals surface area contributed by atoms with Crippen LogP contribution in [0.3, 0.4) is 0 Å². The number of anilines is 1. The number of fused-ring (bicyclic) bond motifs is 1. The first-order valence-electron chi connectivity index (χ1n) is 13.9. The van der Waals surface area contributed by atoms with E-state index >= 15 is 0 Å². The fraction of sp³-hybridized carbons (Fsp3) is 0.548. The Bertz CT molecular complexity index is 1200. The van der Waals surface area contributed by atoms with Crippen LogP contribution in [0.4, 0.5) is 5.69 Å². The van der Waals surface area contributed by atoms with E-state index in [2.05, 4.69) is 62.4 Å². The zero-order valence-electron chi connectivity index (χ0n) is 22.7. The summed E-state index contributed by atoms with van der Waals surface area (Å²) in [6.07, 6.45) is 9.73. The van der Waals surface area contributed by atoms with Crippen molar-refractivity contribution in [2.75, 3.05) is 44.3 Å². The Balaban J connectivity index is 1.63. The van der Waals surface area contributed by atoms with Crippen LogP contribution in [0.15, 0.2) is 41.3 Å². The lowest BCUT2D eigenvalue weighted by Gasteiger charge is -2.40. The van der Waals surface area contributed by atoms with E-state index in [1.165, 1.54) is 71.0 Å². The molecule has 1 aromatic carbocycles. The molecule has 1 saturated carbocycles. The van der Waals surface area contributed by atoms with Gasteiger partial charge in [-0.1, -0.05) is 32.8 Å². The number of benzene rings is 1. The molecule has 1 saturated heterocycles. The minimum Gasteiger partial charge on any atom is -0.378 e. The third-order valence-electron chi connectivity index (χ3n) is 8.36. The lowest BCUT2D eigenvalue weighted by Crippen LogP contribution is -2.43. The molecule has 2 aliphatic heterocycles. The molecule has 5 nitrogen and oxygen atoms in total. The Labute approximate surface area is 216 Å². The molecule has 0 atom stereocenters. The molecule has 192 valence electrons. The molecular weight excluding hydrogens is 444 g/mol. The first-order valence-corrected chi connectivity index (χ1v) is 13.9. The lowest BCUT2D eigenvalue weighted by atomic mass is 9.88. The van der Waals surface area contributed by atoms with E-state index in [0.717, 1.165) is 62.9 Å². The maximum Gasteiger partial charge on any atom is 0.101 e. The van der Waals surface area contributed by atoms with Gasteiger partial charge in [-0.2, -0.15) is 0 Å². The summed E-state index contributed by atoms with van der Waals surface area (Å²) < 4.78 is 5.66. The summed E-state index contributed by atoms with van der Waals surface area (Å²) in [4.78, 5) is 14.6. The molecule has 5 rings (SSSR count). The van der Waals surface area contributed by atoms with Crippen LogP contribution < -0.4 is 4.90 Å². The highest BCUT2D eigenvalue weighted by Gasteiger charge is 2.27.